The van der Waals surface area contributed by atoms with Crippen LogP contribution in [0, 0.1) is 0 Å². The Balaban J connectivity index is 2.08. The highest BCUT2D eigenvalue weighted by Gasteiger charge is 2.15. The molecule has 0 fully saturated rings. The second-order valence-corrected chi connectivity index (χ2v) is 5.21. The first-order valence-corrected chi connectivity index (χ1v) is 7.36. The molecule has 0 aliphatic heterocycles. The quantitative estimate of drug-likeness (QED) is 0.338. The highest BCUT2D eigenvalue weighted by molar-refractivity contribution is 5.95. The molecule has 126 valence electrons. The smallest absolute Gasteiger partial charge is 0.375 e. The maximum Gasteiger partial charge on any atom is 0.375 e. The van der Waals surface area contributed by atoms with Crippen molar-refractivity contribution in [2.75, 3.05) is 21.2 Å². The van der Waals surface area contributed by atoms with Crippen molar-refractivity contribution < 1.29 is 19.3 Å². The Bertz CT molecular complexity index is 699. The number of methoxy groups -OCH3 is 1. The number of carbonyl (C=O) groups is 1. The number of ether oxygens (including phenoxy) is 1. The number of hydrogen-bond donors (Lipinski definition) is 0. The van der Waals surface area contributed by atoms with Gasteiger partial charge in [-0.2, -0.15) is 4.89 Å². The van der Waals surface area contributed by atoms with Crippen LogP contribution in [-0.2, 0) is 16.4 Å². The summed E-state index contributed by atoms with van der Waals surface area (Å²) in [5.74, 6) is -0.0930. The topological polar surface area (TPSA) is 60.4 Å². The highest BCUT2D eigenvalue weighted by atomic mass is 17.2. The number of carbonyl (C=O) groups excluding carboxylic acids is 1. The van der Waals surface area contributed by atoms with E-state index in [1.165, 1.54) is 7.11 Å². The van der Waals surface area contributed by atoms with Crippen LogP contribution in [0.4, 0.5) is 5.69 Å². The van der Waals surface area contributed by atoms with Crippen molar-refractivity contribution in [3.05, 3.63) is 59.7 Å². The first-order chi connectivity index (χ1) is 11.6. The summed E-state index contributed by atoms with van der Waals surface area (Å²) in [6.45, 7) is 0.173. The van der Waals surface area contributed by atoms with Gasteiger partial charge in [0, 0.05) is 14.1 Å². The number of rotatable bonds is 7. The van der Waals surface area contributed by atoms with Gasteiger partial charge in [0.1, 0.15) is 12.4 Å². The van der Waals surface area contributed by atoms with Gasteiger partial charge in [-0.3, -0.25) is 4.89 Å². The first-order valence-electron chi connectivity index (χ1n) is 7.36. The van der Waals surface area contributed by atoms with E-state index in [0.717, 1.165) is 5.56 Å². The van der Waals surface area contributed by atoms with E-state index < -0.39 is 5.97 Å². The number of nitrogens with zero attached hydrogens (tertiary/aromatic N) is 2. The van der Waals surface area contributed by atoms with Gasteiger partial charge in [-0.1, -0.05) is 30.3 Å². The molecular weight excluding hydrogens is 308 g/mol. The van der Waals surface area contributed by atoms with Crippen molar-refractivity contribution in [2.45, 2.75) is 6.61 Å². The molecule has 2 aromatic rings. The molecule has 0 unspecified atom stereocenters. The third-order valence-electron chi connectivity index (χ3n) is 3.05. The molecule has 0 saturated heterocycles. The summed E-state index contributed by atoms with van der Waals surface area (Å²) in [6.07, 6.45) is 1.60. The van der Waals surface area contributed by atoms with E-state index in [9.17, 15) is 4.79 Å². The molecule has 24 heavy (non-hydrogen) atoms. The molecule has 0 N–H and O–H groups in total. The molecule has 0 aromatic heterocycles. The fraction of sp³-hybridized carbons (Fsp3) is 0.222. The summed E-state index contributed by atoms with van der Waals surface area (Å²) in [7, 11) is 5.21. The summed E-state index contributed by atoms with van der Waals surface area (Å²) in [4.78, 5) is 28.2. The summed E-state index contributed by atoms with van der Waals surface area (Å²) < 4.78 is 5.15. The van der Waals surface area contributed by atoms with Gasteiger partial charge < -0.3 is 9.64 Å². The standard InChI is InChI=1S/C18H20N2O4/c1-20(2)13-19-17-10-9-15(22-3)11-16(17)18(21)24-23-12-14-7-5-4-6-8-14/h4-11,13H,12H2,1-3H3. The van der Waals surface area contributed by atoms with Gasteiger partial charge in [0.2, 0.25) is 0 Å². The van der Waals surface area contributed by atoms with Gasteiger partial charge >= 0.3 is 5.97 Å². The van der Waals surface area contributed by atoms with E-state index in [-0.39, 0.29) is 12.2 Å². The molecule has 0 radical (unpaired) electrons. The lowest BCUT2D eigenvalue weighted by Gasteiger charge is -2.09. The maximum absolute atomic E-state index is 12.3. The van der Waals surface area contributed by atoms with E-state index >= 15 is 0 Å². The summed E-state index contributed by atoms with van der Waals surface area (Å²) in [5.41, 5.74) is 1.64. The Morgan fingerprint density at radius 1 is 1.17 bits per heavy atom. The van der Waals surface area contributed by atoms with E-state index in [1.54, 1.807) is 29.4 Å². The van der Waals surface area contributed by atoms with Crippen LogP contribution >= 0.6 is 0 Å². The van der Waals surface area contributed by atoms with E-state index in [2.05, 4.69) is 4.99 Å². The van der Waals surface area contributed by atoms with Gasteiger partial charge in [-0.05, 0) is 23.8 Å². The van der Waals surface area contributed by atoms with Crippen molar-refractivity contribution in [3.63, 3.8) is 0 Å². The fourth-order valence-corrected chi connectivity index (χ4v) is 1.87. The number of benzene rings is 2. The summed E-state index contributed by atoms with van der Waals surface area (Å²) in [6, 6.07) is 14.4. The first kappa shape index (κ1) is 17.5. The minimum Gasteiger partial charge on any atom is -0.497 e. The average Bonchev–Trinajstić information content (AvgIpc) is 2.60. The fourth-order valence-electron chi connectivity index (χ4n) is 1.87. The van der Waals surface area contributed by atoms with Crippen molar-refractivity contribution in [1.29, 1.82) is 0 Å². The SMILES string of the molecule is COc1ccc(N=CN(C)C)c(C(=O)OOCc2ccccc2)c1. The Morgan fingerprint density at radius 3 is 2.58 bits per heavy atom. The maximum atomic E-state index is 12.3. The molecule has 0 aliphatic carbocycles. The highest BCUT2D eigenvalue weighted by Crippen LogP contribution is 2.25. The van der Waals surface area contributed by atoms with Gasteiger partial charge in [0.25, 0.3) is 0 Å². The molecule has 0 bridgehead atoms. The zero-order valence-electron chi connectivity index (χ0n) is 13.9. The third kappa shape index (κ3) is 5.10. The Hall–Kier alpha value is -2.86. The molecule has 0 saturated carbocycles. The lowest BCUT2D eigenvalue weighted by Crippen LogP contribution is -2.09. The van der Waals surface area contributed by atoms with Crippen LogP contribution in [0.15, 0.2) is 53.5 Å². The summed E-state index contributed by atoms with van der Waals surface area (Å²) >= 11 is 0. The zero-order valence-corrected chi connectivity index (χ0v) is 13.9. The second kappa shape index (κ2) is 8.69. The molecule has 6 nitrogen and oxygen atoms in total. The molecule has 0 aliphatic rings. The van der Waals surface area contributed by atoms with Crippen LogP contribution in [-0.4, -0.2) is 38.4 Å². The van der Waals surface area contributed by atoms with Crippen molar-refractivity contribution in [3.8, 4) is 5.75 Å². The zero-order chi connectivity index (χ0) is 17.4. The monoisotopic (exact) mass is 328 g/mol. The lowest BCUT2D eigenvalue weighted by molar-refractivity contribution is -0.250. The normalized spacial score (nSPS) is 10.6. The van der Waals surface area contributed by atoms with Crippen molar-refractivity contribution in [2.24, 2.45) is 4.99 Å². The van der Waals surface area contributed by atoms with Crippen molar-refractivity contribution >= 4 is 18.0 Å². The molecule has 6 heteroatoms. The molecule has 2 rings (SSSR count). The predicted octanol–water partition coefficient (Wildman–Crippen LogP) is 3.21. The molecule has 0 atom stereocenters. The van der Waals surface area contributed by atoms with Crippen LogP contribution in [0.1, 0.15) is 15.9 Å². The largest absolute Gasteiger partial charge is 0.497 e. The van der Waals surface area contributed by atoms with E-state index in [4.69, 9.17) is 14.5 Å². The number of hydrogen-bond acceptors (Lipinski definition) is 5. The third-order valence-corrected chi connectivity index (χ3v) is 3.05. The lowest BCUT2D eigenvalue weighted by atomic mass is 10.1. The Morgan fingerprint density at radius 2 is 1.92 bits per heavy atom. The van der Waals surface area contributed by atoms with Crippen LogP contribution in [0.3, 0.4) is 0 Å². The number of aliphatic imine (C=N–C) groups is 1. The Kier molecular flexibility index (Phi) is 6.33. The van der Waals surface area contributed by atoms with Crippen molar-refractivity contribution in [1.82, 2.24) is 4.90 Å². The molecule has 2 aromatic carbocycles. The van der Waals surface area contributed by atoms with Crippen LogP contribution in [0.5, 0.6) is 5.75 Å². The van der Waals surface area contributed by atoms with Gasteiger partial charge in [-0.25, -0.2) is 9.79 Å². The van der Waals surface area contributed by atoms with Gasteiger partial charge in [0.15, 0.2) is 0 Å². The van der Waals surface area contributed by atoms with Crippen LogP contribution in [0.2, 0.25) is 0 Å². The van der Waals surface area contributed by atoms with Crippen LogP contribution < -0.4 is 4.74 Å². The molecule has 0 amide bonds. The molecule has 0 spiro atoms. The molecular formula is C18H20N2O4. The van der Waals surface area contributed by atoms with Crippen LogP contribution in [0.25, 0.3) is 0 Å². The Labute approximate surface area is 141 Å². The summed E-state index contributed by atoms with van der Waals surface area (Å²) in [5, 5.41) is 0. The minimum absolute atomic E-state index is 0.173. The van der Waals surface area contributed by atoms with Gasteiger partial charge in [-0.15, -0.1) is 0 Å². The average molecular weight is 328 g/mol. The second-order valence-electron chi connectivity index (χ2n) is 5.21. The van der Waals surface area contributed by atoms with E-state index in [0.29, 0.717) is 11.4 Å². The minimum atomic E-state index is -0.629. The molecule has 0 heterocycles. The van der Waals surface area contributed by atoms with Gasteiger partial charge in [0.05, 0.1) is 24.7 Å². The van der Waals surface area contributed by atoms with E-state index in [1.807, 2.05) is 44.4 Å². The predicted molar refractivity (Wildman–Crippen MR) is 91.5 cm³/mol.